The second-order valence-electron chi connectivity index (χ2n) is 7.05. The lowest BCUT2D eigenvalue weighted by Crippen LogP contribution is -2.15. The van der Waals surface area contributed by atoms with Gasteiger partial charge < -0.3 is 5.32 Å². The van der Waals surface area contributed by atoms with Gasteiger partial charge in [0.25, 0.3) is 0 Å². The molecule has 0 aliphatic carbocycles. The summed E-state index contributed by atoms with van der Waals surface area (Å²) >= 11 is 2.71. The van der Waals surface area contributed by atoms with Crippen LogP contribution in [0.1, 0.15) is 16.8 Å². The molecular weight excluding hydrogens is 469 g/mol. The monoisotopic (exact) mass is 486 g/mol. The minimum Gasteiger partial charge on any atom is -0.326 e. The number of nitrogens with one attached hydrogen (secondary N) is 1. The van der Waals surface area contributed by atoms with Crippen LogP contribution in [0.15, 0.2) is 76.4 Å². The number of anilines is 1. The number of carbonyl (C=O) groups is 1. The second-order valence-corrected chi connectivity index (χ2v) is 8.95. The summed E-state index contributed by atoms with van der Waals surface area (Å²) < 4.78 is 38.2. The molecular formula is C23H17F3N4OS2. The fourth-order valence-electron chi connectivity index (χ4n) is 2.96. The van der Waals surface area contributed by atoms with Crippen molar-refractivity contribution < 1.29 is 18.0 Å². The molecule has 0 saturated heterocycles. The predicted molar refractivity (Wildman–Crippen MR) is 122 cm³/mol. The molecule has 1 amide bonds. The van der Waals surface area contributed by atoms with E-state index in [-0.39, 0.29) is 12.3 Å². The van der Waals surface area contributed by atoms with Crippen molar-refractivity contribution in [1.82, 2.24) is 15.0 Å². The smallest absolute Gasteiger partial charge is 0.326 e. The molecule has 0 fully saturated rings. The van der Waals surface area contributed by atoms with Gasteiger partial charge >= 0.3 is 6.18 Å². The highest BCUT2D eigenvalue weighted by molar-refractivity contribution is 7.99. The van der Waals surface area contributed by atoms with Crippen LogP contribution in [0.5, 0.6) is 0 Å². The van der Waals surface area contributed by atoms with Crippen LogP contribution in [0.2, 0.25) is 0 Å². The molecule has 1 N–H and O–H groups in total. The van der Waals surface area contributed by atoms with Crippen LogP contribution >= 0.6 is 23.1 Å². The number of hydrogen-bond donors (Lipinski definition) is 1. The maximum Gasteiger partial charge on any atom is 0.416 e. The summed E-state index contributed by atoms with van der Waals surface area (Å²) in [5.41, 5.74) is 2.01. The van der Waals surface area contributed by atoms with Gasteiger partial charge in [-0.25, -0.2) is 15.0 Å². The zero-order chi connectivity index (χ0) is 23.4. The standard InChI is InChI=1S/C23H17F3N4OS2/c1-14-11-18(33-22-27-9-2-10-28-22)7-8-19(14)30-20(31)12-17-13-32-21(29-17)15-3-5-16(6-4-15)23(24,25)26/h2-11,13H,12H2,1H3,(H,30,31). The van der Waals surface area contributed by atoms with Gasteiger partial charge in [0.15, 0.2) is 5.16 Å². The van der Waals surface area contributed by atoms with E-state index in [9.17, 15) is 18.0 Å². The van der Waals surface area contributed by atoms with Crippen LogP contribution in [-0.2, 0) is 17.4 Å². The van der Waals surface area contributed by atoms with Gasteiger partial charge in [0, 0.05) is 33.9 Å². The maximum absolute atomic E-state index is 12.7. The number of carbonyl (C=O) groups excluding carboxylic acids is 1. The number of thiazole rings is 1. The summed E-state index contributed by atoms with van der Waals surface area (Å²) in [5, 5.41) is 5.82. The highest BCUT2D eigenvalue weighted by atomic mass is 32.2. The van der Waals surface area contributed by atoms with Crippen LogP contribution < -0.4 is 5.32 Å². The van der Waals surface area contributed by atoms with Gasteiger partial charge in [0.1, 0.15) is 5.01 Å². The van der Waals surface area contributed by atoms with Crippen molar-refractivity contribution in [2.75, 3.05) is 5.32 Å². The number of aromatic nitrogens is 3. The summed E-state index contributed by atoms with van der Waals surface area (Å²) in [6, 6.07) is 12.2. The quantitative estimate of drug-likeness (QED) is 0.326. The van der Waals surface area contributed by atoms with E-state index in [1.807, 2.05) is 25.1 Å². The van der Waals surface area contributed by atoms with Crippen LogP contribution in [0.3, 0.4) is 0 Å². The third-order valence-electron chi connectivity index (χ3n) is 4.58. The van der Waals surface area contributed by atoms with Crippen molar-refractivity contribution in [3.63, 3.8) is 0 Å². The molecule has 2 aromatic heterocycles. The molecule has 4 rings (SSSR count). The molecule has 10 heteroatoms. The molecule has 0 saturated carbocycles. The van der Waals surface area contributed by atoms with E-state index in [4.69, 9.17) is 0 Å². The first kappa shape index (κ1) is 22.9. The van der Waals surface area contributed by atoms with Crippen molar-refractivity contribution in [3.05, 3.63) is 83.1 Å². The lowest BCUT2D eigenvalue weighted by atomic mass is 10.1. The summed E-state index contributed by atoms with van der Waals surface area (Å²) in [4.78, 5) is 26.2. The molecule has 0 radical (unpaired) electrons. The van der Waals surface area contributed by atoms with Crippen molar-refractivity contribution >= 4 is 34.7 Å². The number of nitrogens with zero attached hydrogens (tertiary/aromatic N) is 3. The lowest BCUT2D eigenvalue weighted by Gasteiger charge is -2.09. The zero-order valence-electron chi connectivity index (χ0n) is 17.3. The normalized spacial score (nSPS) is 11.4. The van der Waals surface area contributed by atoms with Gasteiger partial charge in [-0.15, -0.1) is 11.3 Å². The van der Waals surface area contributed by atoms with Gasteiger partial charge in [-0.05, 0) is 60.6 Å². The Morgan fingerprint density at radius 2 is 1.82 bits per heavy atom. The van der Waals surface area contributed by atoms with Crippen molar-refractivity contribution in [2.24, 2.45) is 0 Å². The number of aryl methyl sites for hydroxylation is 1. The molecule has 2 aromatic carbocycles. The highest BCUT2D eigenvalue weighted by Crippen LogP contribution is 2.32. The molecule has 33 heavy (non-hydrogen) atoms. The van der Waals surface area contributed by atoms with Crippen LogP contribution in [-0.4, -0.2) is 20.9 Å². The number of hydrogen-bond acceptors (Lipinski definition) is 6. The Morgan fingerprint density at radius 1 is 1.09 bits per heavy atom. The van der Waals surface area contributed by atoms with E-state index >= 15 is 0 Å². The fourth-order valence-corrected chi connectivity index (χ4v) is 4.60. The topological polar surface area (TPSA) is 67.8 Å². The molecule has 5 nitrogen and oxygen atoms in total. The molecule has 168 valence electrons. The Labute approximate surface area is 196 Å². The van der Waals surface area contributed by atoms with Gasteiger partial charge in [0.05, 0.1) is 17.7 Å². The SMILES string of the molecule is Cc1cc(Sc2ncccn2)ccc1NC(=O)Cc1csc(-c2ccc(C(F)(F)F)cc2)n1. The van der Waals surface area contributed by atoms with Crippen LogP contribution in [0, 0.1) is 6.92 Å². The molecule has 0 unspecified atom stereocenters. The van der Waals surface area contributed by atoms with Crippen molar-refractivity contribution in [2.45, 2.75) is 29.6 Å². The first-order valence-electron chi connectivity index (χ1n) is 9.75. The first-order chi connectivity index (χ1) is 15.8. The van der Waals surface area contributed by atoms with E-state index in [1.54, 1.807) is 23.8 Å². The highest BCUT2D eigenvalue weighted by Gasteiger charge is 2.30. The number of halogens is 3. The summed E-state index contributed by atoms with van der Waals surface area (Å²) in [6.07, 6.45) is -0.962. The third-order valence-corrected chi connectivity index (χ3v) is 6.40. The lowest BCUT2D eigenvalue weighted by molar-refractivity contribution is -0.137. The largest absolute Gasteiger partial charge is 0.416 e. The number of benzene rings is 2. The number of rotatable bonds is 6. The minimum absolute atomic E-state index is 0.0604. The van der Waals surface area contributed by atoms with E-state index < -0.39 is 11.7 Å². The zero-order valence-corrected chi connectivity index (χ0v) is 18.9. The van der Waals surface area contributed by atoms with Crippen LogP contribution in [0.4, 0.5) is 18.9 Å². The Hall–Kier alpha value is -3.24. The Balaban J connectivity index is 1.38. The van der Waals surface area contributed by atoms with Crippen molar-refractivity contribution in [3.8, 4) is 10.6 Å². The average Bonchev–Trinajstić information content (AvgIpc) is 3.24. The van der Waals surface area contributed by atoms with E-state index in [2.05, 4.69) is 20.3 Å². The molecule has 2 heterocycles. The van der Waals surface area contributed by atoms with Crippen molar-refractivity contribution in [1.29, 1.82) is 0 Å². The molecule has 0 spiro atoms. The third kappa shape index (κ3) is 5.96. The van der Waals surface area contributed by atoms with E-state index in [1.165, 1.54) is 35.2 Å². The van der Waals surface area contributed by atoms with E-state index in [0.717, 1.165) is 22.6 Å². The average molecular weight is 487 g/mol. The van der Waals surface area contributed by atoms with Gasteiger partial charge in [-0.2, -0.15) is 13.2 Å². The Morgan fingerprint density at radius 3 is 2.48 bits per heavy atom. The predicted octanol–water partition coefficient (Wildman–Crippen LogP) is 6.26. The van der Waals surface area contributed by atoms with E-state index in [0.29, 0.717) is 27.1 Å². The molecule has 0 aliphatic rings. The maximum atomic E-state index is 12.7. The molecule has 4 aromatic rings. The molecule has 0 atom stereocenters. The first-order valence-corrected chi connectivity index (χ1v) is 11.4. The fraction of sp³-hybridized carbons (Fsp3) is 0.130. The summed E-state index contributed by atoms with van der Waals surface area (Å²) in [7, 11) is 0. The summed E-state index contributed by atoms with van der Waals surface area (Å²) in [5.74, 6) is -0.228. The summed E-state index contributed by atoms with van der Waals surface area (Å²) in [6.45, 7) is 1.90. The van der Waals surface area contributed by atoms with Gasteiger partial charge in [-0.3, -0.25) is 4.79 Å². The number of alkyl halides is 3. The Kier molecular flexibility index (Phi) is 6.75. The van der Waals surface area contributed by atoms with Crippen LogP contribution in [0.25, 0.3) is 10.6 Å². The minimum atomic E-state index is -4.38. The van der Waals surface area contributed by atoms with Gasteiger partial charge in [0.2, 0.25) is 5.91 Å². The molecule has 0 aliphatic heterocycles. The van der Waals surface area contributed by atoms with Gasteiger partial charge in [-0.1, -0.05) is 12.1 Å². The second kappa shape index (κ2) is 9.72. The Bertz CT molecular complexity index is 1260. The number of amides is 1. The molecule has 0 bridgehead atoms.